The Kier molecular flexibility index (Phi) is 6.55. The third kappa shape index (κ3) is 4.30. The number of carbonyl (C=O) groups is 2. The number of amides is 1. The summed E-state index contributed by atoms with van der Waals surface area (Å²) >= 11 is 0. The van der Waals surface area contributed by atoms with Crippen LogP contribution in [-0.4, -0.2) is 25.6 Å². The van der Waals surface area contributed by atoms with Gasteiger partial charge < -0.3 is 14.8 Å². The van der Waals surface area contributed by atoms with Crippen molar-refractivity contribution in [2.45, 2.75) is 20.3 Å². The van der Waals surface area contributed by atoms with Crippen LogP contribution in [-0.2, 0) is 11.2 Å². The standard InChI is InChI=1S/C21H23NO4/c1-5-8-15-13-16(11-12-19(15)25-4)20(23)22-18-10-7-9-17(14(18)3)21(24)26-6-2/h5,7,9-13H,1,6,8H2,2-4H3,(H,22,23). The molecule has 0 spiro atoms. The second-order valence-electron chi connectivity index (χ2n) is 5.67. The van der Waals surface area contributed by atoms with Crippen molar-refractivity contribution in [2.75, 3.05) is 19.0 Å². The zero-order chi connectivity index (χ0) is 19.1. The summed E-state index contributed by atoms with van der Waals surface area (Å²) in [6.07, 6.45) is 2.36. The maximum absolute atomic E-state index is 12.6. The van der Waals surface area contributed by atoms with Gasteiger partial charge >= 0.3 is 5.97 Å². The lowest BCUT2D eigenvalue weighted by Crippen LogP contribution is -2.15. The van der Waals surface area contributed by atoms with E-state index >= 15 is 0 Å². The van der Waals surface area contributed by atoms with E-state index in [4.69, 9.17) is 9.47 Å². The van der Waals surface area contributed by atoms with Crippen LogP contribution < -0.4 is 10.1 Å². The Morgan fingerprint density at radius 2 is 2.00 bits per heavy atom. The molecular formula is C21H23NO4. The Morgan fingerprint density at radius 3 is 2.65 bits per heavy atom. The highest BCUT2D eigenvalue weighted by molar-refractivity contribution is 6.05. The summed E-state index contributed by atoms with van der Waals surface area (Å²) in [6.45, 7) is 7.56. The largest absolute Gasteiger partial charge is 0.496 e. The lowest BCUT2D eigenvalue weighted by atomic mass is 10.0. The van der Waals surface area contributed by atoms with Gasteiger partial charge in [-0.25, -0.2) is 4.79 Å². The van der Waals surface area contributed by atoms with Crippen LogP contribution in [0.3, 0.4) is 0 Å². The van der Waals surface area contributed by atoms with Crippen LogP contribution in [0, 0.1) is 6.92 Å². The van der Waals surface area contributed by atoms with Crippen LogP contribution in [0.5, 0.6) is 5.75 Å². The van der Waals surface area contributed by atoms with Gasteiger partial charge in [0.25, 0.3) is 5.91 Å². The molecule has 0 aromatic heterocycles. The van der Waals surface area contributed by atoms with Crippen molar-refractivity contribution in [1.82, 2.24) is 0 Å². The number of hydrogen-bond acceptors (Lipinski definition) is 4. The van der Waals surface area contributed by atoms with Crippen molar-refractivity contribution < 1.29 is 19.1 Å². The monoisotopic (exact) mass is 353 g/mol. The Bertz CT molecular complexity index is 827. The molecule has 5 heteroatoms. The number of carbonyl (C=O) groups excluding carboxylic acids is 2. The molecule has 5 nitrogen and oxygen atoms in total. The topological polar surface area (TPSA) is 64.6 Å². The van der Waals surface area contributed by atoms with E-state index in [0.29, 0.717) is 41.2 Å². The molecule has 0 aliphatic heterocycles. The smallest absolute Gasteiger partial charge is 0.338 e. The van der Waals surface area contributed by atoms with Crippen LogP contribution in [0.1, 0.15) is 38.8 Å². The molecule has 0 fully saturated rings. The van der Waals surface area contributed by atoms with E-state index in [2.05, 4.69) is 11.9 Å². The lowest BCUT2D eigenvalue weighted by Gasteiger charge is -2.13. The number of methoxy groups -OCH3 is 1. The number of benzene rings is 2. The van der Waals surface area contributed by atoms with Gasteiger partial charge in [0, 0.05) is 11.3 Å². The van der Waals surface area contributed by atoms with Gasteiger partial charge in [0.2, 0.25) is 0 Å². The number of ether oxygens (including phenoxy) is 2. The first kappa shape index (κ1) is 19.2. The van der Waals surface area contributed by atoms with E-state index in [1.165, 1.54) is 0 Å². The number of esters is 1. The van der Waals surface area contributed by atoms with E-state index in [-0.39, 0.29) is 5.91 Å². The van der Waals surface area contributed by atoms with Gasteiger partial charge in [-0.2, -0.15) is 0 Å². The second kappa shape index (κ2) is 8.85. The molecule has 0 radical (unpaired) electrons. The van der Waals surface area contributed by atoms with Crippen molar-refractivity contribution in [1.29, 1.82) is 0 Å². The van der Waals surface area contributed by atoms with Gasteiger partial charge in [0.15, 0.2) is 0 Å². The molecule has 0 saturated carbocycles. The minimum atomic E-state index is -0.404. The third-order valence-corrected chi connectivity index (χ3v) is 3.98. The van der Waals surface area contributed by atoms with E-state index < -0.39 is 5.97 Å². The van der Waals surface area contributed by atoms with Crippen molar-refractivity contribution >= 4 is 17.6 Å². The summed E-state index contributed by atoms with van der Waals surface area (Å²) in [5, 5.41) is 2.86. The van der Waals surface area contributed by atoms with Crippen molar-refractivity contribution in [3.8, 4) is 5.75 Å². The van der Waals surface area contributed by atoms with Gasteiger partial charge in [0.05, 0.1) is 19.3 Å². The van der Waals surface area contributed by atoms with E-state index in [1.54, 1.807) is 63.4 Å². The zero-order valence-electron chi connectivity index (χ0n) is 15.3. The fourth-order valence-corrected chi connectivity index (χ4v) is 2.63. The molecule has 2 aromatic carbocycles. The first-order valence-electron chi connectivity index (χ1n) is 8.37. The maximum atomic E-state index is 12.6. The third-order valence-electron chi connectivity index (χ3n) is 3.98. The molecule has 0 unspecified atom stereocenters. The number of rotatable bonds is 7. The molecule has 2 aromatic rings. The summed E-state index contributed by atoms with van der Waals surface area (Å²) < 4.78 is 10.4. The average molecular weight is 353 g/mol. The molecule has 0 aliphatic rings. The summed E-state index contributed by atoms with van der Waals surface area (Å²) in [5.74, 6) is 0.0443. The van der Waals surface area contributed by atoms with E-state index in [1.807, 2.05) is 0 Å². The van der Waals surface area contributed by atoms with Gasteiger partial charge in [-0.15, -0.1) is 6.58 Å². The number of allylic oxidation sites excluding steroid dienone is 1. The van der Waals surface area contributed by atoms with Gasteiger partial charge in [-0.3, -0.25) is 4.79 Å². The Hall–Kier alpha value is -3.08. The van der Waals surface area contributed by atoms with Crippen LogP contribution >= 0.6 is 0 Å². The molecule has 2 rings (SSSR count). The molecule has 26 heavy (non-hydrogen) atoms. The van der Waals surface area contributed by atoms with E-state index in [9.17, 15) is 9.59 Å². The predicted octanol–water partition coefficient (Wildman–Crippen LogP) is 4.16. The van der Waals surface area contributed by atoms with Gasteiger partial charge in [0.1, 0.15) is 5.75 Å². The fraction of sp³-hybridized carbons (Fsp3) is 0.238. The number of nitrogens with one attached hydrogen (secondary N) is 1. The highest BCUT2D eigenvalue weighted by Gasteiger charge is 2.15. The van der Waals surface area contributed by atoms with Crippen LogP contribution in [0.15, 0.2) is 49.1 Å². The molecule has 0 heterocycles. The Morgan fingerprint density at radius 1 is 1.23 bits per heavy atom. The highest BCUT2D eigenvalue weighted by atomic mass is 16.5. The first-order valence-corrected chi connectivity index (χ1v) is 8.37. The summed E-state index contributed by atoms with van der Waals surface area (Å²) in [7, 11) is 1.59. The molecule has 1 amide bonds. The van der Waals surface area contributed by atoms with Crippen LogP contribution in [0.4, 0.5) is 5.69 Å². The summed E-state index contributed by atoms with van der Waals surface area (Å²) in [6, 6.07) is 10.4. The second-order valence-corrected chi connectivity index (χ2v) is 5.67. The molecule has 0 aliphatic carbocycles. The first-order chi connectivity index (χ1) is 12.5. The van der Waals surface area contributed by atoms with Gasteiger partial charge in [-0.05, 0) is 61.7 Å². The molecule has 0 atom stereocenters. The molecule has 136 valence electrons. The highest BCUT2D eigenvalue weighted by Crippen LogP contribution is 2.23. The van der Waals surface area contributed by atoms with Crippen molar-refractivity contribution in [3.63, 3.8) is 0 Å². The molecule has 0 saturated heterocycles. The molecule has 0 bridgehead atoms. The summed E-state index contributed by atoms with van der Waals surface area (Å²) in [4.78, 5) is 24.6. The minimum absolute atomic E-state index is 0.262. The predicted molar refractivity (Wildman–Crippen MR) is 102 cm³/mol. The molecule has 1 N–H and O–H groups in total. The minimum Gasteiger partial charge on any atom is -0.496 e. The SMILES string of the molecule is C=CCc1cc(C(=O)Nc2cccc(C(=O)OCC)c2C)ccc1OC. The fourth-order valence-electron chi connectivity index (χ4n) is 2.63. The van der Waals surface area contributed by atoms with E-state index in [0.717, 1.165) is 5.56 Å². The van der Waals surface area contributed by atoms with Crippen LogP contribution in [0.2, 0.25) is 0 Å². The number of anilines is 1. The maximum Gasteiger partial charge on any atom is 0.338 e. The number of hydrogen-bond donors (Lipinski definition) is 1. The van der Waals surface area contributed by atoms with Crippen molar-refractivity contribution in [2.24, 2.45) is 0 Å². The molecular weight excluding hydrogens is 330 g/mol. The van der Waals surface area contributed by atoms with Gasteiger partial charge in [-0.1, -0.05) is 12.1 Å². The zero-order valence-corrected chi connectivity index (χ0v) is 15.3. The van der Waals surface area contributed by atoms with Crippen molar-refractivity contribution in [3.05, 3.63) is 71.3 Å². The Labute approximate surface area is 153 Å². The quantitative estimate of drug-likeness (QED) is 0.600. The summed E-state index contributed by atoms with van der Waals surface area (Å²) in [5.41, 5.74) is 3.06. The average Bonchev–Trinajstić information content (AvgIpc) is 2.63. The normalized spacial score (nSPS) is 10.1. The lowest BCUT2D eigenvalue weighted by molar-refractivity contribution is 0.0525. The Balaban J connectivity index is 2.27. The van der Waals surface area contributed by atoms with Crippen LogP contribution in [0.25, 0.3) is 0 Å².